The Kier molecular flexibility index (Phi) is 28.7. The van der Waals surface area contributed by atoms with Crippen LogP contribution in [-0.4, -0.2) is 192 Å². The zero-order chi connectivity index (χ0) is 49.5. The van der Waals surface area contributed by atoms with E-state index in [1.54, 1.807) is 0 Å². The molecular formula is C47H86O20. The van der Waals surface area contributed by atoms with Crippen LogP contribution in [0.15, 0.2) is 0 Å². The Morgan fingerprint density at radius 3 is 1.58 bits per heavy atom. The van der Waals surface area contributed by atoms with Gasteiger partial charge in [-0.3, -0.25) is 4.79 Å². The van der Waals surface area contributed by atoms with Crippen molar-refractivity contribution < 1.29 is 98.9 Å². The van der Waals surface area contributed by atoms with E-state index < -0.39 is 129 Å². The molecule has 3 heterocycles. The quantitative estimate of drug-likeness (QED) is 0.0323. The molecule has 11 N–H and O–H groups in total. The second kappa shape index (κ2) is 32.3. The zero-order valence-corrected chi connectivity index (χ0v) is 40.0. The van der Waals surface area contributed by atoms with Crippen LogP contribution in [0.25, 0.3) is 0 Å². The Bertz CT molecular complexity index is 1330. The highest BCUT2D eigenvalue weighted by atomic mass is 16.8. The number of hydrogen-bond acceptors (Lipinski definition) is 19. The van der Waals surface area contributed by atoms with Crippen LogP contribution in [0.5, 0.6) is 0 Å². The molecular weight excluding hydrogens is 884 g/mol. The van der Waals surface area contributed by atoms with Crippen LogP contribution in [0.4, 0.5) is 0 Å². The van der Waals surface area contributed by atoms with E-state index in [9.17, 15) is 60.7 Å². The summed E-state index contributed by atoms with van der Waals surface area (Å²) in [4.78, 5) is 22.9. The van der Waals surface area contributed by atoms with Crippen LogP contribution in [-0.2, 0) is 42.7 Å². The molecule has 3 aliphatic rings. The van der Waals surface area contributed by atoms with Crippen molar-refractivity contribution in [1.29, 1.82) is 0 Å². The minimum Gasteiger partial charge on any atom is -0.479 e. The molecule has 67 heavy (non-hydrogen) atoms. The van der Waals surface area contributed by atoms with Gasteiger partial charge in [0.05, 0.1) is 31.5 Å². The number of aliphatic hydroxyl groups excluding tert-OH is 10. The minimum absolute atomic E-state index is 0.0120. The van der Waals surface area contributed by atoms with Crippen molar-refractivity contribution in [2.75, 3.05) is 19.8 Å². The van der Waals surface area contributed by atoms with E-state index in [0.29, 0.717) is 38.5 Å². The SMILES string of the molecule is CCCC[C@@H](CCC[C@H](O)[C@H](O)CCCCCCCCCCCCCC[C@H](O)C(=O)O)O[C@H]1OC[C@H](O)[C@@H](O)[C@@H]1O[C@H]1OC[C@H](O)[C@@H](O)[C@@H]1O[C@H]1O[C@@H](COC(=O)CC(C)C)[C@H](O)[C@@H](O)[C@@H]1O. The number of carbonyl (C=O) groups is 2. The Balaban J connectivity index is 1.48. The van der Waals surface area contributed by atoms with Gasteiger partial charge in [-0.25, -0.2) is 4.79 Å². The number of carbonyl (C=O) groups excluding carboxylic acids is 1. The number of aliphatic hydroxyl groups is 10. The van der Waals surface area contributed by atoms with Crippen molar-refractivity contribution in [3.63, 3.8) is 0 Å². The Morgan fingerprint density at radius 1 is 0.567 bits per heavy atom. The van der Waals surface area contributed by atoms with E-state index in [4.69, 9.17) is 38.3 Å². The van der Waals surface area contributed by atoms with Gasteiger partial charge in [-0.15, -0.1) is 0 Å². The lowest BCUT2D eigenvalue weighted by Crippen LogP contribution is -2.64. The first kappa shape index (κ1) is 59.6. The minimum atomic E-state index is -1.88. The van der Waals surface area contributed by atoms with Crippen LogP contribution in [0.3, 0.4) is 0 Å². The van der Waals surface area contributed by atoms with E-state index in [-0.39, 0.29) is 18.9 Å². The topological polar surface area (TPSA) is 321 Å². The molecule has 394 valence electrons. The number of rotatable bonds is 34. The molecule has 0 aliphatic carbocycles. The fourth-order valence-corrected chi connectivity index (χ4v) is 8.52. The molecule has 3 fully saturated rings. The number of carboxylic acid groups (broad SMARTS) is 1. The number of aliphatic carboxylic acids is 1. The van der Waals surface area contributed by atoms with Crippen LogP contribution >= 0.6 is 0 Å². The van der Waals surface area contributed by atoms with Gasteiger partial charge in [0.1, 0.15) is 67.6 Å². The highest BCUT2D eigenvalue weighted by molar-refractivity contribution is 5.71. The van der Waals surface area contributed by atoms with Crippen LogP contribution in [0, 0.1) is 5.92 Å². The van der Waals surface area contributed by atoms with Crippen molar-refractivity contribution in [2.24, 2.45) is 5.92 Å². The molecule has 0 saturated carbocycles. The molecule has 0 unspecified atom stereocenters. The Hall–Kier alpha value is -1.70. The average molecular weight is 971 g/mol. The number of ether oxygens (including phenoxy) is 7. The summed E-state index contributed by atoms with van der Waals surface area (Å²) in [6, 6.07) is 0. The molecule has 20 heteroatoms. The van der Waals surface area contributed by atoms with Gasteiger partial charge in [0.2, 0.25) is 0 Å². The predicted molar refractivity (Wildman–Crippen MR) is 239 cm³/mol. The Labute approximate surface area is 395 Å². The van der Waals surface area contributed by atoms with E-state index in [2.05, 4.69) is 0 Å². The third kappa shape index (κ3) is 21.3. The standard InChI is InChI=1S/C47H86O20/c1-4-5-19-29(20-18-23-31(49)30(48)21-16-14-12-10-8-6-7-9-11-13-15-17-22-32(50)44(59)60)64-46-42(37(54)33(51)25-62-46)67-47-43(38(55)34(52)26-63-47)66-45-41(58)40(57)39(56)35(65-45)27-61-36(53)24-28(2)3/h28-35,37-43,45-52,54-58H,4-27H2,1-3H3,(H,59,60)/t29-,30+,31-,32-,33-,34-,35-,37+,38+,39-,40+,41-,42-,43-,45+,46+,47+/m0/s1. The summed E-state index contributed by atoms with van der Waals surface area (Å²) in [5, 5.41) is 115. The second-order valence-corrected chi connectivity index (χ2v) is 19.2. The fourth-order valence-electron chi connectivity index (χ4n) is 8.52. The number of hydrogen-bond donors (Lipinski definition) is 11. The molecule has 0 spiro atoms. The molecule has 0 radical (unpaired) electrons. The molecule has 17 atom stereocenters. The molecule has 3 rings (SSSR count). The monoisotopic (exact) mass is 971 g/mol. The first-order valence-corrected chi connectivity index (χ1v) is 25.0. The molecule has 0 aromatic carbocycles. The maximum Gasteiger partial charge on any atom is 0.332 e. The van der Waals surface area contributed by atoms with Crippen LogP contribution in [0.2, 0.25) is 0 Å². The predicted octanol–water partition coefficient (Wildman–Crippen LogP) is 1.68. The van der Waals surface area contributed by atoms with E-state index in [1.165, 1.54) is 0 Å². The number of carboxylic acids is 1. The fraction of sp³-hybridized carbons (Fsp3) is 0.957. The van der Waals surface area contributed by atoms with E-state index >= 15 is 0 Å². The largest absolute Gasteiger partial charge is 0.479 e. The second-order valence-electron chi connectivity index (χ2n) is 19.2. The van der Waals surface area contributed by atoms with Crippen LogP contribution in [0.1, 0.15) is 156 Å². The van der Waals surface area contributed by atoms with Gasteiger partial charge >= 0.3 is 11.9 Å². The summed E-state index contributed by atoms with van der Waals surface area (Å²) in [6.07, 6.45) is -7.52. The summed E-state index contributed by atoms with van der Waals surface area (Å²) < 4.78 is 40.8. The van der Waals surface area contributed by atoms with E-state index in [1.807, 2.05) is 20.8 Å². The maximum atomic E-state index is 12.2. The van der Waals surface area contributed by atoms with Gasteiger partial charge in [0, 0.05) is 6.42 Å². The molecule has 3 aliphatic heterocycles. The van der Waals surface area contributed by atoms with Crippen molar-refractivity contribution in [1.82, 2.24) is 0 Å². The van der Waals surface area contributed by atoms with Gasteiger partial charge in [0.15, 0.2) is 25.0 Å². The highest BCUT2D eigenvalue weighted by Crippen LogP contribution is 2.32. The lowest BCUT2D eigenvalue weighted by Gasteiger charge is -2.46. The van der Waals surface area contributed by atoms with Gasteiger partial charge in [0.25, 0.3) is 0 Å². The molecule has 20 nitrogen and oxygen atoms in total. The number of unbranched alkanes of at least 4 members (excludes halogenated alkanes) is 12. The highest BCUT2D eigenvalue weighted by Gasteiger charge is 2.51. The molecule has 0 aromatic heterocycles. The lowest BCUT2D eigenvalue weighted by molar-refractivity contribution is -0.380. The molecule has 0 aromatic rings. The summed E-state index contributed by atoms with van der Waals surface area (Å²) in [6.45, 7) is 4.40. The molecule has 0 bridgehead atoms. The van der Waals surface area contributed by atoms with Gasteiger partial charge in [-0.05, 0) is 44.4 Å². The van der Waals surface area contributed by atoms with Gasteiger partial charge < -0.3 is 89.3 Å². The molecule has 0 amide bonds. The van der Waals surface area contributed by atoms with Crippen molar-refractivity contribution in [3.8, 4) is 0 Å². The summed E-state index contributed by atoms with van der Waals surface area (Å²) >= 11 is 0. The van der Waals surface area contributed by atoms with Crippen molar-refractivity contribution >= 4 is 11.9 Å². The van der Waals surface area contributed by atoms with E-state index in [0.717, 1.165) is 89.9 Å². The third-order valence-electron chi connectivity index (χ3n) is 12.8. The van der Waals surface area contributed by atoms with Crippen molar-refractivity contribution in [3.05, 3.63) is 0 Å². The van der Waals surface area contributed by atoms with Crippen LogP contribution < -0.4 is 0 Å². The lowest BCUT2D eigenvalue weighted by atomic mass is 9.98. The maximum absolute atomic E-state index is 12.2. The van der Waals surface area contributed by atoms with Gasteiger partial charge in [-0.2, -0.15) is 0 Å². The summed E-state index contributed by atoms with van der Waals surface area (Å²) in [5.41, 5.74) is 0. The normalized spacial score (nSPS) is 32.2. The van der Waals surface area contributed by atoms with Gasteiger partial charge in [-0.1, -0.05) is 111 Å². The Morgan fingerprint density at radius 2 is 1.04 bits per heavy atom. The molecule has 3 saturated heterocycles. The van der Waals surface area contributed by atoms with Crippen molar-refractivity contribution in [2.45, 2.75) is 260 Å². The summed E-state index contributed by atoms with van der Waals surface area (Å²) in [5.74, 6) is -1.75. The first-order valence-electron chi connectivity index (χ1n) is 25.0. The average Bonchev–Trinajstić information content (AvgIpc) is 3.29. The number of esters is 1. The third-order valence-corrected chi connectivity index (χ3v) is 12.8. The first-order chi connectivity index (χ1) is 31.9. The summed E-state index contributed by atoms with van der Waals surface area (Å²) in [7, 11) is 0. The smallest absolute Gasteiger partial charge is 0.332 e. The zero-order valence-electron chi connectivity index (χ0n) is 40.0.